The molecule has 6 nitrogen and oxygen atoms in total. The van der Waals surface area contributed by atoms with Gasteiger partial charge in [0.15, 0.2) is 0 Å². The van der Waals surface area contributed by atoms with Gasteiger partial charge >= 0.3 is 0 Å². The van der Waals surface area contributed by atoms with Gasteiger partial charge in [0.2, 0.25) is 5.91 Å². The summed E-state index contributed by atoms with van der Waals surface area (Å²) in [6, 6.07) is -0.997. The van der Waals surface area contributed by atoms with Crippen LogP contribution in [0.4, 0.5) is 0 Å². The monoisotopic (exact) mass is 794 g/mol. The molecule has 6 heteroatoms. The van der Waals surface area contributed by atoms with Crippen molar-refractivity contribution in [1.29, 1.82) is 0 Å². The van der Waals surface area contributed by atoms with E-state index < -0.39 is 36.9 Å². The van der Waals surface area contributed by atoms with E-state index in [9.17, 15) is 25.2 Å². The minimum absolute atomic E-state index is 0.368. The molecule has 5 N–H and O–H groups in total. The molecule has 0 aliphatic heterocycles. The summed E-state index contributed by atoms with van der Waals surface area (Å²) in [5.41, 5.74) is 0. The molecular weight excluding hydrogens is 695 g/mol. The van der Waals surface area contributed by atoms with Crippen LogP contribution in [0.3, 0.4) is 0 Å². The molecule has 0 heterocycles. The molecule has 0 fully saturated rings. The van der Waals surface area contributed by atoms with E-state index in [-0.39, 0.29) is 0 Å². The van der Waals surface area contributed by atoms with E-state index in [1.807, 2.05) is 0 Å². The molecule has 0 bridgehead atoms. The summed E-state index contributed by atoms with van der Waals surface area (Å²) in [7, 11) is 0. The topological polar surface area (TPSA) is 110 Å². The minimum Gasteiger partial charge on any atom is -0.394 e. The van der Waals surface area contributed by atoms with Gasteiger partial charge in [-0.25, -0.2) is 0 Å². The maximum Gasteiger partial charge on any atom is 0.249 e. The van der Waals surface area contributed by atoms with Crippen LogP contribution in [0.2, 0.25) is 0 Å². The van der Waals surface area contributed by atoms with Crippen molar-refractivity contribution in [3.8, 4) is 0 Å². The number of carbonyl (C=O) groups excluding carboxylic acids is 1. The molecule has 334 valence electrons. The molecule has 0 radical (unpaired) electrons. The fourth-order valence-electron chi connectivity index (χ4n) is 7.99. The van der Waals surface area contributed by atoms with Crippen LogP contribution in [0.1, 0.15) is 271 Å². The van der Waals surface area contributed by atoms with E-state index in [1.165, 1.54) is 205 Å². The molecule has 4 unspecified atom stereocenters. The van der Waals surface area contributed by atoms with E-state index in [1.54, 1.807) is 0 Å². The Morgan fingerprint density at radius 2 is 0.732 bits per heavy atom. The van der Waals surface area contributed by atoms with Crippen molar-refractivity contribution in [2.75, 3.05) is 6.61 Å². The van der Waals surface area contributed by atoms with Crippen molar-refractivity contribution < 1.29 is 25.2 Å². The normalized spacial score (nSPS) is 14.0. The smallest absolute Gasteiger partial charge is 0.249 e. The molecule has 0 aliphatic rings. The Balaban J connectivity index is 3.69. The van der Waals surface area contributed by atoms with Gasteiger partial charge in [0, 0.05) is 0 Å². The number of hydrogen-bond donors (Lipinski definition) is 5. The first-order chi connectivity index (χ1) is 27.5. The number of unbranched alkanes of at least 4 members (excludes halogenated alkanes) is 35. The van der Waals surface area contributed by atoms with Crippen LogP contribution in [-0.4, -0.2) is 57.3 Å². The van der Waals surface area contributed by atoms with Crippen molar-refractivity contribution in [3.63, 3.8) is 0 Å². The standard InChI is InChI=1S/C50H99NO5/c1-3-5-7-9-11-13-15-17-19-21-23-25-27-29-31-33-35-37-39-41-43-47(53)49(55)46(45-52)51-50(56)48(54)44-42-40-38-36-34-32-30-28-26-24-22-20-18-16-14-12-10-8-6-4-2/h35,37,46-49,52-55H,3-34,36,38-45H2,1-2H3,(H,51,56)/b37-35+. The van der Waals surface area contributed by atoms with Crippen LogP contribution in [0.5, 0.6) is 0 Å². The lowest BCUT2D eigenvalue weighted by atomic mass is 10.00. The van der Waals surface area contributed by atoms with E-state index in [0.717, 1.165) is 38.5 Å². The van der Waals surface area contributed by atoms with Crippen LogP contribution in [0.15, 0.2) is 12.2 Å². The zero-order valence-corrected chi connectivity index (χ0v) is 37.7. The van der Waals surface area contributed by atoms with Gasteiger partial charge in [-0.1, -0.05) is 244 Å². The van der Waals surface area contributed by atoms with Crippen LogP contribution in [-0.2, 0) is 4.79 Å². The third kappa shape index (κ3) is 38.6. The summed E-state index contributed by atoms with van der Waals surface area (Å²) in [6.07, 6.45) is 51.1. The highest BCUT2D eigenvalue weighted by atomic mass is 16.3. The summed E-state index contributed by atoms with van der Waals surface area (Å²) in [5.74, 6) is -0.588. The summed E-state index contributed by atoms with van der Waals surface area (Å²) in [4.78, 5) is 12.5. The molecule has 0 saturated carbocycles. The number of rotatable bonds is 46. The second-order valence-electron chi connectivity index (χ2n) is 17.5. The van der Waals surface area contributed by atoms with E-state index >= 15 is 0 Å². The van der Waals surface area contributed by atoms with Crippen molar-refractivity contribution in [1.82, 2.24) is 5.32 Å². The molecule has 0 aromatic carbocycles. The number of aliphatic hydroxyl groups is 4. The fraction of sp³-hybridized carbons (Fsp3) is 0.940. The lowest BCUT2D eigenvalue weighted by Gasteiger charge is -2.27. The molecule has 1 amide bonds. The average Bonchev–Trinajstić information content (AvgIpc) is 3.20. The molecule has 0 aliphatic carbocycles. The molecule has 56 heavy (non-hydrogen) atoms. The third-order valence-electron chi connectivity index (χ3n) is 12.0. The molecule has 0 spiro atoms. The quantitative estimate of drug-likeness (QED) is 0.0311. The van der Waals surface area contributed by atoms with Crippen molar-refractivity contribution in [2.24, 2.45) is 0 Å². The van der Waals surface area contributed by atoms with Crippen molar-refractivity contribution >= 4 is 5.91 Å². The van der Waals surface area contributed by atoms with E-state index in [0.29, 0.717) is 12.8 Å². The Kier molecular flexibility index (Phi) is 44.4. The number of aliphatic hydroxyl groups excluding tert-OH is 4. The van der Waals surface area contributed by atoms with Gasteiger partial charge in [-0.15, -0.1) is 0 Å². The predicted molar refractivity (Wildman–Crippen MR) is 242 cm³/mol. The number of allylic oxidation sites excluding steroid dienone is 2. The summed E-state index contributed by atoms with van der Waals surface area (Å²) in [5, 5.41) is 43.8. The van der Waals surface area contributed by atoms with Crippen LogP contribution >= 0.6 is 0 Å². The lowest BCUT2D eigenvalue weighted by molar-refractivity contribution is -0.132. The largest absolute Gasteiger partial charge is 0.394 e. The predicted octanol–water partition coefficient (Wildman–Crippen LogP) is 13.7. The summed E-state index contributed by atoms with van der Waals surface area (Å²) >= 11 is 0. The first-order valence-corrected chi connectivity index (χ1v) is 25.1. The Bertz CT molecular complexity index is 806. The number of nitrogens with one attached hydrogen (secondary N) is 1. The van der Waals surface area contributed by atoms with Crippen molar-refractivity contribution in [2.45, 2.75) is 295 Å². The second kappa shape index (κ2) is 45.1. The summed E-state index contributed by atoms with van der Waals surface area (Å²) < 4.78 is 0. The van der Waals surface area contributed by atoms with Gasteiger partial charge in [0.1, 0.15) is 12.2 Å². The molecule has 0 rings (SSSR count). The molecule has 0 saturated heterocycles. The first-order valence-electron chi connectivity index (χ1n) is 25.1. The maximum atomic E-state index is 12.5. The van der Waals surface area contributed by atoms with E-state index in [2.05, 4.69) is 31.3 Å². The van der Waals surface area contributed by atoms with Gasteiger partial charge in [-0.2, -0.15) is 0 Å². The summed E-state index contributed by atoms with van der Waals surface area (Å²) in [6.45, 7) is 4.07. The zero-order chi connectivity index (χ0) is 41.0. The van der Waals surface area contributed by atoms with Crippen LogP contribution < -0.4 is 5.32 Å². The van der Waals surface area contributed by atoms with Crippen LogP contribution in [0, 0.1) is 0 Å². The SMILES string of the molecule is CCCCCCCCCCCCCCCCC/C=C/CCCC(O)C(O)C(CO)NC(=O)C(O)CCCCCCCCCCCCCCCCCCCCCC. The lowest BCUT2D eigenvalue weighted by Crippen LogP contribution is -2.53. The molecule has 4 atom stereocenters. The molecule has 0 aromatic rings. The highest BCUT2D eigenvalue weighted by Gasteiger charge is 2.28. The Morgan fingerprint density at radius 1 is 0.429 bits per heavy atom. The molecular formula is C50H99NO5. The van der Waals surface area contributed by atoms with Gasteiger partial charge < -0.3 is 25.7 Å². The van der Waals surface area contributed by atoms with Gasteiger partial charge in [-0.3, -0.25) is 4.79 Å². The van der Waals surface area contributed by atoms with E-state index in [4.69, 9.17) is 0 Å². The number of hydrogen-bond acceptors (Lipinski definition) is 5. The minimum atomic E-state index is -1.28. The highest BCUT2D eigenvalue weighted by molar-refractivity contribution is 5.80. The Hall–Kier alpha value is -0.950. The average molecular weight is 794 g/mol. The third-order valence-corrected chi connectivity index (χ3v) is 12.0. The molecule has 0 aromatic heterocycles. The zero-order valence-electron chi connectivity index (χ0n) is 37.7. The first kappa shape index (κ1) is 55.0. The van der Waals surface area contributed by atoms with Gasteiger partial charge in [-0.05, 0) is 38.5 Å². The Labute approximate surface area is 349 Å². The Morgan fingerprint density at radius 3 is 1.07 bits per heavy atom. The second-order valence-corrected chi connectivity index (χ2v) is 17.5. The van der Waals surface area contributed by atoms with Crippen molar-refractivity contribution in [3.05, 3.63) is 12.2 Å². The van der Waals surface area contributed by atoms with Gasteiger partial charge in [0.25, 0.3) is 0 Å². The maximum absolute atomic E-state index is 12.5. The highest BCUT2D eigenvalue weighted by Crippen LogP contribution is 2.17. The van der Waals surface area contributed by atoms with Crippen LogP contribution in [0.25, 0.3) is 0 Å². The fourth-order valence-corrected chi connectivity index (χ4v) is 7.99. The van der Waals surface area contributed by atoms with Gasteiger partial charge in [0.05, 0.1) is 18.8 Å². The number of carbonyl (C=O) groups is 1. The number of amides is 1.